The molecule has 1 rings (SSSR count). The van der Waals surface area contributed by atoms with Crippen LogP contribution in [0, 0.1) is 11.3 Å². The molecule has 0 radical (unpaired) electrons. The first-order valence-electron chi connectivity index (χ1n) is 7.99. The zero-order chi connectivity index (χ0) is 13.4. The Morgan fingerprint density at radius 2 is 1.72 bits per heavy atom. The molecule has 1 aliphatic carbocycles. The van der Waals surface area contributed by atoms with Crippen molar-refractivity contribution in [3.63, 3.8) is 0 Å². The second-order valence-corrected chi connectivity index (χ2v) is 6.44. The van der Waals surface area contributed by atoms with E-state index in [4.69, 9.17) is 0 Å². The summed E-state index contributed by atoms with van der Waals surface area (Å²) in [5, 5.41) is 3.39. The Morgan fingerprint density at radius 1 is 1.11 bits per heavy atom. The van der Waals surface area contributed by atoms with Gasteiger partial charge in [0.05, 0.1) is 0 Å². The molecule has 2 nitrogen and oxygen atoms in total. The summed E-state index contributed by atoms with van der Waals surface area (Å²) >= 11 is 0. The van der Waals surface area contributed by atoms with Crippen LogP contribution in [0.15, 0.2) is 0 Å². The molecule has 0 bridgehead atoms. The molecule has 0 aliphatic heterocycles. The van der Waals surface area contributed by atoms with Gasteiger partial charge in [0.25, 0.3) is 0 Å². The van der Waals surface area contributed by atoms with Gasteiger partial charge in [0, 0.05) is 19.6 Å². The largest absolute Gasteiger partial charge is 0.319 e. The summed E-state index contributed by atoms with van der Waals surface area (Å²) in [6, 6.07) is 0. The highest BCUT2D eigenvalue weighted by Gasteiger charge is 2.27. The standard InChI is InChI=1S/C16H34N2/c1-5-16(6-2,13-17-3)14-18(4)12-15-10-8-7-9-11-15/h15,17H,5-14H2,1-4H3. The van der Waals surface area contributed by atoms with Crippen LogP contribution in [-0.2, 0) is 0 Å². The highest BCUT2D eigenvalue weighted by Crippen LogP contribution is 2.29. The second kappa shape index (κ2) is 8.16. The summed E-state index contributed by atoms with van der Waals surface area (Å²) in [6.07, 6.45) is 9.86. The highest BCUT2D eigenvalue weighted by molar-refractivity contribution is 4.82. The van der Waals surface area contributed by atoms with Crippen molar-refractivity contribution in [2.24, 2.45) is 11.3 Å². The fraction of sp³-hybridized carbons (Fsp3) is 1.00. The topological polar surface area (TPSA) is 15.3 Å². The van der Waals surface area contributed by atoms with Crippen molar-refractivity contribution in [1.29, 1.82) is 0 Å². The summed E-state index contributed by atoms with van der Waals surface area (Å²) in [5.41, 5.74) is 0.470. The van der Waals surface area contributed by atoms with Gasteiger partial charge in [-0.3, -0.25) is 0 Å². The minimum Gasteiger partial charge on any atom is -0.319 e. The molecule has 108 valence electrons. The van der Waals surface area contributed by atoms with Crippen LogP contribution in [-0.4, -0.2) is 38.6 Å². The normalized spacial score (nSPS) is 18.5. The molecule has 1 aliphatic rings. The number of nitrogens with zero attached hydrogens (tertiary/aromatic N) is 1. The van der Waals surface area contributed by atoms with Crippen LogP contribution in [0.2, 0.25) is 0 Å². The van der Waals surface area contributed by atoms with Crippen LogP contribution in [0.4, 0.5) is 0 Å². The lowest BCUT2D eigenvalue weighted by Crippen LogP contribution is -2.43. The number of nitrogens with one attached hydrogen (secondary N) is 1. The van der Waals surface area contributed by atoms with E-state index in [0.29, 0.717) is 5.41 Å². The average molecular weight is 254 g/mol. The second-order valence-electron chi connectivity index (χ2n) is 6.44. The lowest BCUT2D eigenvalue weighted by molar-refractivity contribution is 0.134. The minimum absolute atomic E-state index is 0.470. The van der Waals surface area contributed by atoms with E-state index in [1.165, 1.54) is 58.0 Å². The Labute approximate surface area is 115 Å². The Kier molecular flexibility index (Phi) is 7.25. The van der Waals surface area contributed by atoms with Crippen LogP contribution in [0.3, 0.4) is 0 Å². The van der Waals surface area contributed by atoms with E-state index in [-0.39, 0.29) is 0 Å². The average Bonchev–Trinajstić information content (AvgIpc) is 2.39. The quantitative estimate of drug-likeness (QED) is 0.713. The lowest BCUT2D eigenvalue weighted by Gasteiger charge is -2.37. The summed E-state index contributed by atoms with van der Waals surface area (Å²) < 4.78 is 0. The third kappa shape index (κ3) is 4.89. The molecule has 0 amide bonds. The monoisotopic (exact) mass is 254 g/mol. The molecule has 0 atom stereocenters. The van der Waals surface area contributed by atoms with E-state index in [9.17, 15) is 0 Å². The first-order chi connectivity index (χ1) is 8.65. The van der Waals surface area contributed by atoms with E-state index < -0.39 is 0 Å². The van der Waals surface area contributed by atoms with Gasteiger partial charge in [-0.25, -0.2) is 0 Å². The molecule has 1 N–H and O–H groups in total. The SMILES string of the molecule is CCC(CC)(CNC)CN(C)CC1CCCCC1. The maximum atomic E-state index is 3.39. The van der Waals surface area contributed by atoms with Gasteiger partial charge in [-0.2, -0.15) is 0 Å². The van der Waals surface area contributed by atoms with Crippen molar-refractivity contribution in [2.45, 2.75) is 58.8 Å². The van der Waals surface area contributed by atoms with Crippen molar-refractivity contribution in [3.8, 4) is 0 Å². The molecule has 18 heavy (non-hydrogen) atoms. The number of hydrogen-bond donors (Lipinski definition) is 1. The summed E-state index contributed by atoms with van der Waals surface area (Å²) in [7, 11) is 4.41. The molecular formula is C16H34N2. The fourth-order valence-corrected chi connectivity index (χ4v) is 3.60. The Balaban J connectivity index is 2.41. The van der Waals surface area contributed by atoms with Crippen LogP contribution in [0.5, 0.6) is 0 Å². The molecule has 0 spiro atoms. The summed E-state index contributed by atoms with van der Waals surface area (Å²) in [5.74, 6) is 0.963. The first kappa shape index (κ1) is 16.0. The van der Waals surface area contributed by atoms with Crippen molar-refractivity contribution in [1.82, 2.24) is 10.2 Å². The molecule has 0 saturated heterocycles. The smallest absolute Gasteiger partial charge is 0.00470 e. The molecule has 0 aromatic rings. The number of rotatable bonds is 8. The fourth-order valence-electron chi connectivity index (χ4n) is 3.60. The third-order valence-electron chi connectivity index (χ3n) is 4.95. The molecule has 0 heterocycles. The summed E-state index contributed by atoms with van der Waals surface area (Å²) in [4.78, 5) is 2.60. The Bertz CT molecular complexity index is 205. The third-order valence-corrected chi connectivity index (χ3v) is 4.95. The summed E-state index contributed by atoms with van der Waals surface area (Å²) in [6.45, 7) is 8.39. The van der Waals surface area contributed by atoms with Gasteiger partial charge in [-0.1, -0.05) is 33.1 Å². The predicted molar refractivity (Wildman–Crippen MR) is 81.0 cm³/mol. The Hall–Kier alpha value is -0.0800. The lowest BCUT2D eigenvalue weighted by atomic mass is 9.81. The van der Waals surface area contributed by atoms with Crippen LogP contribution in [0.25, 0.3) is 0 Å². The molecule has 2 heteroatoms. The first-order valence-corrected chi connectivity index (χ1v) is 7.99. The van der Waals surface area contributed by atoms with Crippen molar-refractivity contribution in [3.05, 3.63) is 0 Å². The Morgan fingerprint density at radius 3 is 2.22 bits per heavy atom. The zero-order valence-electron chi connectivity index (χ0n) is 13.1. The zero-order valence-corrected chi connectivity index (χ0v) is 13.1. The van der Waals surface area contributed by atoms with Gasteiger partial charge >= 0.3 is 0 Å². The predicted octanol–water partition coefficient (Wildman–Crippen LogP) is 3.52. The maximum Gasteiger partial charge on any atom is 0.00470 e. The van der Waals surface area contributed by atoms with Crippen molar-refractivity contribution in [2.75, 3.05) is 33.7 Å². The van der Waals surface area contributed by atoms with Gasteiger partial charge < -0.3 is 10.2 Å². The van der Waals surface area contributed by atoms with E-state index in [2.05, 4.69) is 38.2 Å². The van der Waals surface area contributed by atoms with Crippen molar-refractivity contribution >= 4 is 0 Å². The molecule has 0 unspecified atom stereocenters. The van der Waals surface area contributed by atoms with E-state index in [1.54, 1.807) is 0 Å². The minimum atomic E-state index is 0.470. The van der Waals surface area contributed by atoms with Gasteiger partial charge in [0.2, 0.25) is 0 Å². The van der Waals surface area contributed by atoms with Crippen LogP contribution in [0.1, 0.15) is 58.8 Å². The molecule has 0 aromatic heterocycles. The maximum absolute atomic E-state index is 3.39. The van der Waals surface area contributed by atoms with Crippen LogP contribution >= 0.6 is 0 Å². The number of hydrogen-bond acceptors (Lipinski definition) is 2. The highest BCUT2D eigenvalue weighted by atomic mass is 15.1. The van der Waals surface area contributed by atoms with Crippen LogP contribution < -0.4 is 5.32 Å². The van der Waals surface area contributed by atoms with Gasteiger partial charge in [0.15, 0.2) is 0 Å². The van der Waals surface area contributed by atoms with Crippen molar-refractivity contribution < 1.29 is 0 Å². The van der Waals surface area contributed by atoms with Gasteiger partial charge in [0.1, 0.15) is 0 Å². The van der Waals surface area contributed by atoms with E-state index in [0.717, 1.165) is 12.5 Å². The molecular weight excluding hydrogens is 220 g/mol. The van der Waals surface area contributed by atoms with E-state index >= 15 is 0 Å². The molecule has 1 fully saturated rings. The van der Waals surface area contributed by atoms with Gasteiger partial charge in [-0.05, 0) is 51.1 Å². The molecule has 0 aromatic carbocycles. The van der Waals surface area contributed by atoms with Gasteiger partial charge in [-0.15, -0.1) is 0 Å². The van der Waals surface area contributed by atoms with E-state index in [1.807, 2.05) is 0 Å². The molecule has 1 saturated carbocycles.